The van der Waals surface area contributed by atoms with Crippen molar-refractivity contribution in [1.82, 2.24) is 10.9 Å². The number of halogens is 1. The highest BCUT2D eigenvalue weighted by Gasteiger charge is 2.09. The molecule has 2 aromatic carbocycles. The summed E-state index contributed by atoms with van der Waals surface area (Å²) in [5, 5.41) is 3.62. The Kier molecular flexibility index (Phi) is 7.19. The molecule has 0 unspecified atom stereocenters. The van der Waals surface area contributed by atoms with Crippen molar-refractivity contribution in [3.63, 3.8) is 0 Å². The molecule has 1 amide bonds. The molecule has 3 N–H and O–H groups in total. The number of hydrazine groups is 1. The molecule has 0 aliphatic rings. The summed E-state index contributed by atoms with van der Waals surface area (Å²) < 4.78 is 10.5. The van der Waals surface area contributed by atoms with E-state index in [1.54, 1.807) is 36.4 Å². The van der Waals surface area contributed by atoms with Crippen molar-refractivity contribution < 1.29 is 19.1 Å². The van der Waals surface area contributed by atoms with Gasteiger partial charge in [0.1, 0.15) is 6.29 Å². The molecule has 0 aliphatic carbocycles. The van der Waals surface area contributed by atoms with E-state index in [-0.39, 0.29) is 11.7 Å². The number of aldehydes is 1. The van der Waals surface area contributed by atoms with Gasteiger partial charge in [0, 0.05) is 16.3 Å². The quantitative estimate of drug-likeness (QED) is 0.395. The smallest absolute Gasteiger partial charge is 0.276 e. The van der Waals surface area contributed by atoms with Crippen LogP contribution in [0, 0.1) is 0 Å². The van der Waals surface area contributed by atoms with Gasteiger partial charge in [-0.15, -0.1) is 0 Å². The maximum Gasteiger partial charge on any atom is 0.276 e. The normalized spacial score (nSPS) is 9.77. The third-order valence-electron chi connectivity index (χ3n) is 3.08. The van der Waals surface area contributed by atoms with Gasteiger partial charge in [0.15, 0.2) is 23.2 Å². The number of hydrogen-bond acceptors (Lipinski definition) is 5. The van der Waals surface area contributed by atoms with Crippen molar-refractivity contribution in [3.05, 3.63) is 53.1 Å². The van der Waals surface area contributed by atoms with E-state index < -0.39 is 5.91 Å². The minimum atomic E-state index is -0.457. The van der Waals surface area contributed by atoms with Gasteiger partial charge >= 0.3 is 0 Å². The van der Waals surface area contributed by atoms with Crippen LogP contribution in [0.2, 0.25) is 5.02 Å². The molecule has 26 heavy (non-hydrogen) atoms. The van der Waals surface area contributed by atoms with Crippen LogP contribution in [0.25, 0.3) is 0 Å². The highest BCUT2D eigenvalue weighted by Crippen LogP contribution is 2.27. The molecule has 0 saturated heterocycles. The number of thiocarbonyl (C=S) groups is 1. The van der Waals surface area contributed by atoms with E-state index in [1.165, 1.54) is 13.2 Å². The van der Waals surface area contributed by atoms with Gasteiger partial charge in [-0.3, -0.25) is 20.4 Å². The number of amides is 1. The third kappa shape index (κ3) is 5.91. The number of rotatable bonds is 6. The second-order valence-electron chi connectivity index (χ2n) is 4.95. The molecule has 0 aromatic heterocycles. The highest BCUT2D eigenvalue weighted by atomic mass is 35.5. The summed E-state index contributed by atoms with van der Waals surface area (Å²) in [4.78, 5) is 22.6. The van der Waals surface area contributed by atoms with Crippen LogP contribution in [0.15, 0.2) is 42.5 Å². The van der Waals surface area contributed by atoms with Gasteiger partial charge in [-0.25, -0.2) is 0 Å². The van der Waals surface area contributed by atoms with E-state index >= 15 is 0 Å². The minimum absolute atomic E-state index is 0.188. The van der Waals surface area contributed by atoms with Crippen molar-refractivity contribution in [2.45, 2.75) is 0 Å². The number of anilines is 1. The second kappa shape index (κ2) is 9.59. The van der Waals surface area contributed by atoms with E-state index in [0.717, 1.165) is 0 Å². The molecule has 0 bridgehead atoms. The molecular formula is C17H16ClN3O4S. The molecule has 0 fully saturated rings. The predicted octanol–water partition coefficient (Wildman–Crippen LogP) is 2.56. The molecule has 0 heterocycles. The SMILES string of the molecule is COc1cc(C=O)ccc1OCC(=O)NNC(=S)Nc1cccc(Cl)c1. The Labute approximate surface area is 160 Å². The molecule has 0 radical (unpaired) electrons. The lowest BCUT2D eigenvalue weighted by molar-refractivity contribution is -0.123. The summed E-state index contributed by atoms with van der Waals surface area (Å²) in [7, 11) is 1.44. The Morgan fingerprint density at radius 1 is 1.19 bits per heavy atom. The first-order valence-electron chi connectivity index (χ1n) is 7.39. The molecule has 0 aliphatic heterocycles. The monoisotopic (exact) mass is 393 g/mol. The Morgan fingerprint density at radius 2 is 2.00 bits per heavy atom. The van der Waals surface area contributed by atoms with Gasteiger partial charge in [0.2, 0.25) is 0 Å². The maximum absolute atomic E-state index is 11.8. The molecule has 2 aromatic rings. The van der Waals surface area contributed by atoms with E-state index in [0.29, 0.717) is 34.1 Å². The van der Waals surface area contributed by atoms with Crippen LogP contribution >= 0.6 is 23.8 Å². The predicted molar refractivity (Wildman–Crippen MR) is 103 cm³/mol. The first kappa shape index (κ1) is 19.5. The van der Waals surface area contributed by atoms with Gasteiger partial charge in [-0.2, -0.15) is 0 Å². The maximum atomic E-state index is 11.8. The van der Waals surface area contributed by atoms with E-state index in [1.807, 2.05) is 0 Å². The number of hydrogen-bond donors (Lipinski definition) is 3. The van der Waals surface area contributed by atoms with E-state index in [4.69, 9.17) is 33.3 Å². The number of benzene rings is 2. The number of nitrogens with one attached hydrogen (secondary N) is 3. The minimum Gasteiger partial charge on any atom is -0.493 e. The van der Waals surface area contributed by atoms with Crippen molar-refractivity contribution in [3.8, 4) is 11.5 Å². The lowest BCUT2D eigenvalue weighted by Gasteiger charge is -2.13. The van der Waals surface area contributed by atoms with E-state index in [9.17, 15) is 9.59 Å². The van der Waals surface area contributed by atoms with Crippen LogP contribution in [0.5, 0.6) is 11.5 Å². The summed E-state index contributed by atoms with van der Waals surface area (Å²) >= 11 is 10.9. The fraction of sp³-hybridized carbons (Fsp3) is 0.118. The largest absolute Gasteiger partial charge is 0.493 e. The van der Waals surface area contributed by atoms with Gasteiger partial charge in [0.05, 0.1) is 7.11 Å². The van der Waals surface area contributed by atoms with Crippen LogP contribution in [0.4, 0.5) is 5.69 Å². The Balaban J connectivity index is 1.80. The van der Waals surface area contributed by atoms with Crippen molar-refractivity contribution >= 4 is 46.8 Å². The topological polar surface area (TPSA) is 88.7 Å². The van der Waals surface area contributed by atoms with Gasteiger partial charge < -0.3 is 14.8 Å². The van der Waals surface area contributed by atoms with Gasteiger partial charge in [-0.05, 0) is 48.6 Å². The van der Waals surface area contributed by atoms with Gasteiger partial charge in [-0.1, -0.05) is 17.7 Å². The standard InChI is InChI=1S/C17H16ClN3O4S/c1-24-15-7-11(9-22)5-6-14(15)25-10-16(23)20-21-17(26)19-13-4-2-3-12(18)8-13/h2-9H,10H2,1H3,(H,20,23)(H2,19,21,26). The molecule has 0 atom stereocenters. The fourth-order valence-corrected chi connectivity index (χ4v) is 2.27. The first-order chi connectivity index (χ1) is 12.5. The van der Waals surface area contributed by atoms with Gasteiger partial charge in [0.25, 0.3) is 5.91 Å². The first-order valence-corrected chi connectivity index (χ1v) is 8.18. The summed E-state index contributed by atoms with van der Waals surface area (Å²) in [6.07, 6.45) is 0.691. The Bertz CT molecular complexity index is 816. The van der Waals surface area contributed by atoms with Crippen LogP contribution in [-0.2, 0) is 4.79 Å². The number of carbonyl (C=O) groups is 2. The molecule has 7 nitrogen and oxygen atoms in total. The summed E-state index contributed by atoms with van der Waals surface area (Å²) in [6.45, 7) is -0.274. The van der Waals surface area contributed by atoms with Crippen molar-refractivity contribution in [2.24, 2.45) is 0 Å². The molecule has 136 valence electrons. The average Bonchev–Trinajstić information content (AvgIpc) is 2.64. The second-order valence-corrected chi connectivity index (χ2v) is 5.80. The third-order valence-corrected chi connectivity index (χ3v) is 3.52. The molecule has 0 spiro atoms. The van der Waals surface area contributed by atoms with Crippen LogP contribution in [-0.4, -0.2) is 31.0 Å². The van der Waals surface area contributed by atoms with Crippen molar-refractivity contribution in [1.29, 1.82) is 0 Å². The number of carbonyl (C=O) groups excluding carboxylic acids is 2. The lowest BCUT2D eigenvalue weighted by Crippen LogP contribution is -2.45. The fourth-order valence-electron chi connectivity index (χ4n) is 1.91. The summed E-state index contributed by atoms with van der Waals surface area (Å²) in [6, 6.07) is 11.6. The molecule has 9 heteroatoms. The molecule has 2 rings (SSSR count). The van der Waals surface area contributed by atoms with Crippen LogP contribution in [0.1, 0.15) is 10.4 Å². The van der Waals surface area contributed by atoms with E-state index in [2.05, 4.69) is 16.2 Å². The Morgan fingerprint density at radius 3 is 2.69 bits per heavy atom. The molecular weight excluding hydrogens is 378 g/mol. The number of ether oxygens (including phenoxy) is 2. The number of methoxy groups -OCH3 is 1. The summed E-state index contributed by atoms with van der Waals surface area (Å²) in [5.74, 6) is 0.239. The Hall–Kier alpha value is -2.84. The zero-order valence-corrected chi connectivity index (χ0v) is 15.3. The summed E-state index contributed by atoms with van der Waals surface area (Å²) in [5.41, 5.74) is 6.08. The zero-order valence-electron chi connectivity index (χ0n) is 13.7. The molecule has 0 saturated carbocycles. The zero-order chi connectivity index (χ0) is 18.9. The van der Waals surface area contributed by atoms with Crippen molar-refractivity contribution in [2.75, 3.05) is 19.0 Å². The highest BCUT2D eigenvalue weighted by molar-refractivity contribution is 7.80. The van der Waals surface area contributed by atoms with Crippen LogP contribution in [0.3, 0.4) is 0 Å². The van der Waals surface area contributed by atoms with Crippen LogP contribution < -0.4 is 25.6 Å². The average molecular weight is 394 g/mol. The lowest BCUT2D eigenvalue weighted by atomic mass is 10.2.